The summed E-state index contributed by atoms with van der Waals surface area (Å²) in [6, 6.07) is 8.88. The van der Waals surface area contributed by atoms with Gasteiger partial charge in [0.2, 0.25) is 5.91 Å². The zero-order valence-electron chi connectivity index (χ0n) is 14.7. The molecule has 7 heteroatoms. The van der Waals surface area contributed by atoms with Crippen LogP contribution in [0.15, 0.2) is 30.3 Å². The average molecular weight is 362 g/mol. The largest absolute Gasteiger partial charge is 0.481 e. The van der Waals surface area contributed by atoms with E-state index >= 15 is 0 Å². The third kappa shape index (κ3) is 5.56. The molecule has 1 aromatic carbocycles. The molecule has 0 spiro atoms. The Balaban J connectivity index is 1.94. The molecule has 0 radical (unpaired) electrons. The lowest BCUT2D eigenvalue weighted by atomic mass is 9.78. The van der Waals surface area contributed by atoms with Crippen molar-refractivity contribution in [3.05, 3.63) is 35.9 Å². The molecule has 3 unspecified atom stereocenters. The van der Waals surface area contributed by atoms with Gasteiger partial charge in [-0.2, -0.15) is 0 Å². The Hall–Kier alpha value is -2.41. The van der Waals surface area contributed by atoms with Crippen LogP contribution in [0.1, 0.15) is 44.1 Å². The first-order chi connectivity index (χ1) is 12.5. The van der Waals surface area contributed by atoms with Gasteiger partial charge in [0, 0.05) is 0 Å². The SMILES string of the molecule is O=C(NO)C(CCCc1ccccc1)NC(=O)C1CCCCC1C(=O)O. The van der Waals surface area contributed by atoms with Gasteiger partial charge in [0.1, 0.15) is 6.04 Å². The van der Waals surface area contributed by atoms with Crippen LogP contribution in [0.25, 0.3) is 0 Å². The molecule has 0 bridgehead atoms. The van der Waals surface area contributed by atoms with E-state index in [0.29, 0.717) is 25.7 Å². The van der Waals surface area contributed by atoms with Gasteiger partial charge in [-0.15, -0.1) is 0 Å². The summed E-state index contributed by atoms with van der Waals surface area (Å²) in [5, 5.41) is 20.9. The maximum Gasteiger partial charge on any atom is 0.307 e. The van der Waals surface area contributed by atoms with Crippen LogP contribution in [0.3, 0.4) is 0 Å². The van der Waals surface area contributed by atoms with Crippen molar-refractivity contribution in [1.82, 2.24) is 10.8 Å². The van der Waals surface area contributed by atoms with Crippen molar-refractivity contribution >= 4 is 17.8 Å². The number of carbonyl (C=O) groups excluding carboxylic acids is 2. The Morgan fingerprint density at radius 2 is 1.73 bits per heavy atom. The number of benzene rings is 1. The summed E-state index contributed by atoms with van der Waals surface area (Å²) >= 11 is 0. The van der Waals surface area contributed by atoms with Crippen LogP contribution in [0.4, 0.5) is 0 Å². The fourth-order valence-electron chi connectivity index (χ4n) is 3.52. The second-order valence-electron chi connectivity index (χ2n) is 6.75. The van der Waals surface area contributed by atoms with Crippen molar-refractivity contribution < 1.29 is 24.7 Å². The second kappa shape index (κ2) is 9.91. The maximum atomic E-state index is 12.5. The molecule has 1 aliphatic rings. The minimum absolute atomic E-state index is 0.359. The lowest BCUT2D eigenvalue weighted by Crippen LogP contribution is -2.50. The van der Waals surface area contributed by atoms with Crippen molar-refractivity contribution in [2.45, 2.75) is 51.0 Å². The molecular weight excluding hydrogens is 336 g/mol. The predicted octanol–water partition coefficient (Wildman–Crippen LogP) is 1.89. The van der Waals surface area contributed by atoms with E-state index in [2.05, 4.69) is 5.32 Å². The van der Waals surface area contributed by atoms with Crippen molar-refractivity contribution in [2.24, 2.45) is 11.8 Å². The number of aliphatic carboxylic acids is 1. The van der Waals surface area contributed by atoms with Gasteiger partial charge >= 0.3 is 5.97 Å². The molecule has 142 valence electrons. The molecule has 0 heterocycles. The molecule has 2 amide bonds. The molecule has 3 atom stereocenters. The first-order valence-electron chi connectivity index (χ1n) is 9.04. The van der Waals surface area contributed by atoms with Gasteiger partial charge in [0.15, 0.2) is 0 Å². The number of hydrogen-bond donors (Lipinski definition) is 4. The third-order valence-electron chi connectivity index (χ3n) is 4.96. The number of carboxylic acid groups (broad SMARTS) is 1. The molecule has 1 aromatic rings. The quantitative estimate of drug-likeness (QED) is 0.416. The minimum Gasteiger partial charge on any atom is -0.481 e. The lowest BCUT2D eigenvalue weighted by molar-refractivity contribution is -0.149. The van der Waals surface area contributed by atoms with Crippen molar-refractivity contribution in [3.63, 3.8) is 0 Å². The first kappa shape index (κ1) is 19.9. The normalized spacial score (nSPS) is 20.8. The number of hydroxylamine groups is 1. The molecule has 1 aliphatic carbocycles. The smallest absolute Gasteiger partial charge is 0.307 e. The van der Waals surface area contributed by atoms with E-state index in [1.54, 1.807) is 5.48 Å². The summed E-state index contributed by atoms with van der Waals surface area (Å²) in [6.45, 7) is 0. The van der Waals surface area contributed by atoms with Gasteiger partial charge < -0.3 is 10.4 Å². The average Bonchev–Trinajstić information content (AvgIpc) is 2.67. The Morgan fingerprint density at radius 3 is 2.35 bits per heavy atom. The van der Waals surface area contributed by atoms with Crippen LogP contribution in [-0.4, -0.2) is 34.1 Å². The summed E-state index contributed by atoms with van der Waals surface area (Å²) < 4.78 is 0. The molecule has 4 N–H and O–H groups in total. The molecule has 1 saturated carbocycles. The van der Waals surface area contributed by atoms with E-state index in [4.69, 9.17) is 5.21 Å². The van der Waals surface area contributed by atoms with E-state index in [9.17, 15) is 19.5 Å². The summed E-state index contributed by atoms with van der Waals surface area (Å²) in [6.07, 6.45) is 4.31. The van der Waals surface area contributed by atoms with Gasteiger partial charge in [-0.25, -0.2) is 5.48 Å². The highest BCUT2D eigenvalue weighted by Crippen LogP contribution is 2.30. The number of carbonyl (C=O) groups is 3. The maximum absolute atomic E-state index is 12.5. The number of hydrogen-bond acceptors (Lipinski definition) is 4. The molecular formula is C19H26N2O5. The van der Waals surface area contributed by atoms with Crippen molar-refractivity contribution in [2.75, 3.05) is 0 Å². The minimum atomic E-state index is -0.975. The van der Waals surface area contributed by atoms with Crippen molar-refractivity contribution in [3.8, 4) is 0 Å². The summed E-state index contributed by atoms with van der Waals surface area (Å²) in [5.74, 6) is -3.44. The van der Waals surface area contributed by atoms with E-state index in [1.165, 1.54) is 0 Å². The van der Waals surface area contributed by atoms with E-state index in [-0.39, 0.29) is 0 Å². The predicted molar refractivity (Wildman–Crippen MR) is 94.3 cm³/mol. The standard InChI is InChI=1S/C19H26N2O5/c22-17(14-10-4-5-11-15(14)19(24)25)20-16(18(23)21-26)12-6-9-13-7-2-1-3-8-13/h1-3,7-8,14-16,26H,4-6,9-12H2,(H,20,22)(H,21,23)(H,24,25). The second-order valence-corrected chi connectivity index (χ2v) is 6.75. The first-order valence-corrected chi connectivity index (χ1v) is 9.04. The molecule has 2 rings (SSSR count). The molecule has 7 nitrogen and oxygen atoms in total. The Morgan fingerprint density at radius 1 is 1.08 bits per heavy atom. The number of aryl methyl sites for hydroxylation is 1. The number of rotatable bonds is 8. The van der Waals surface area contributed by atoms with E-state index in [1.807, 2.05) is 30.3 Å². The number of carboxylic acids is 1. The summed E-state index contributed by atoms with van der Waals surface area (Å²) in [4.78, 5) is 35.8. The molecule has 0 saturated heterocycles. The van der Waals surface area contributed by atoms with Crippen LogP contribution in [0.2, 0.25) is 0 Å². The summed E-state index contributed by atoms with van der Waals surface area (Å²) in [7, 11) is 0. The van der Waals surface area contributed by atoms with Crippen LogP contribution in [0.5, 0.6) is 0 Å². The fraction of sp³-hybridized carbons (Fsp3) is 0.526. The highest BCUT2D eigenvalue weighted by molar-refractivity contribution is 5.90. The Kier molecular flexibility index (Phi) is 7.59. The van der Waals surface area contributed by atoms with Gasteiger partial charge in [0.25, 0.3) is 5.91 Å². The fourth-order valence-corrected chi connectivity index (χ4v) is 3.52. The molecule has 0 aliphatic heterocycles. The van der Waals surface area contributed by atoms with Gasteiger partial charge in [-0.3, -0.25) is 19.6 Å². The Labute approximate surface area is 152 Å². The summed E-state index contributed by atoms with van der Waals surface area (Å²) in [5.41, 5.74) is 2.71. The van der Waals surface area contributed by atoms with Gasteiger partial charge in [0.05, 0.1) is 11.8 Å². The van der Waals surface area contributed by atoms with Crippen LogP contribution >= 0.6 is 0 Å². The van der Waals surface area contributed by atoms with Gasteiger partial charge in [-0.05, 0) is 37.7 Å². The van der Waals surface area contributed by atoms with Crippen LogP contribution in [-0.2, 0) is 20.8 Å². The van der Waals surface area contributed by atoms with E-state index in [0.717, 1.165) is 24.8 Å². The monoisotopic (exact) mass is 362 g/mol. The molecule has 26 heavy (non-hydrogen) atoms. The number of nitrogens with one attached hydrogen (secondary N) is 2. The number of amides is 2. The van der Waals surface area contributed by atoms with Gasteiger partial charge in [-0.1, -0.05) is 43.2 Å². The van der Waals surface area contributed by atoms with E-state index < -0.39 is 35.7 Å². The van der Waals surface area contributed by atoms with Crippen molar-refractivity contribution in [1.29, 1.82) is 0 Å². The molecule has 1 fully saturated rings. The topological polar surface area (TPSA) is 116 Å². The highest BCUT2D eigenvalue weighted by Gasteiger charge is 2.37. The Bertz CT molecular complexity index is 620. The van der Waals surface area contributed by atoms with Crippen LogP contribution in [0, 0.1) is 11.8 Å². The zero-order valence-corrected chi connectivity index (χ0v) is 14.7. The lowest BCUT2D eigenvalue weighted by Gasteiger charge is -2.29. The van der Waals surface area contributed by atoms with Crippen LogP contribution < -0.4 is 10.8 Å². The third-order valence-corrected chi connectivity index (χ3v) is 4.96. The highest BCUT2D eigenvalue weighted by atomic mass is 16.5. The zero-order chi connectivity index (χ0) is 18.9. The molecule has 0 aromatic heterocycles.